The van der Waals surface area contributed by atoms with Gasteiger partial charge in [-0.3, -0.25) is 20.1 Å². The van der Waals surface area contributed by atoms with Crippen molar-refractivity contribution < 1.29 is 22.7 Å². The van der Waals surface area contributed by atoms with Crippen LogP contribution in [0.3, 0.4) is 0 Å². The molecule has 1 saturated heterocycles. The number of aliphatic imine (C=N–C) groups is 1. The number of hydrogen-bond donors (Lipinski definition) is 2. The van der Waals surface area contributed by atoms with Gasteiger partial charge in [0.2, 0.25) is 5.91 Å². The Hall–Kier alpha value is -3.76. The van der Waals surface area contributed by atoms with Crippen LogP contribution in [-0.4, -0.2) is 54.4 Å². The van der Waals surface area contributed by atoms with Crippen molar-refractivity contribution in [3.8, 4) is 5.75 Å². The molecule has 0 bridgehead atoms. The van der Waals surface area contributed by atoms with Crippen LogP contribution in [0.1, 0.15) is 29.5 Å². The Labute approximate surface area is 224 Å². The molecule has 7 nitrogen and oxygen atoms in total. The van der Waals surface area contributed by atoms with Crippen molar-refractivity contribution in [2.75, 3.05) is 20.2 Å². The first-order valence-corrected chi connectivity index (χ1v) is 12.8. The fourth-order valence-electron chi connectivity index (χ4n) is 5.32. The molecule has 2 aromatic carbocycles. The quantitative estimate of drug-likeness (QED) is 0.449. The highest BCUT2D eigenvalue weighted by atomic mass is 19.4. The molecule has 39 heavy (non-hydrogen) atoms. The molecule has 2 unspecified atom stereocenters. The highest BCUT2D eigenvalue weighted by Gasteiger charge is 2.48. The summed E-state index contributed by atoms with van der Waals surface area (Å²) in [5.74, 6) is -0.662. The summed E-state index contributed by atoms with van der Waals surface area (Å²) in [6.07, 6.45) is 2.60. The summed E-state index contributed by atoms with van der Waals surface area (Å²) >= 11 is 0. The molecule has 0 aliphatic carbocycles. The van der Waals surface area contributed by atoms with Crippen LogP contribution >= 0.6 is 0 Å². The second kappa shape index (κ2) is 10.8. The van der Waals surface area contributed by atoms with E-state index >= 15 is 0 Å². The first kappa shape index (κ1) is 26.8. The lowest BCUT2D eigenvalue weighted by atomic mass is 9.74. The van der Waals surface area contributed by atoms with Gasteiger partial charge in [0, 0.05) is 35.9 Å². The van der Waals surface area contributed by atoms with E-state index in [4.69, 9.17) is 10.5 Å². The van der Waals surface area contributed by atoms with Gasteiger partial charge in [0.05, 0.1) is 11.1 Å². The zero-order valence-electron chi connectivity index (χ0n) is 21.5. The number of ether oxygens (including phenoxy) is 1. The minimum absolute atomic E-state index is 0.0267. The van der Waals surface area contributed by atoms with Crippen molar-refractivity contribution in [2.24, 2.45) is 10.7 Å². The van der Waals surface area contributed by atoms with E-state index in [1.165, 1.54) is 24.4 Å². The van der Waals surface area contributed by atoms with E-state index in [2.05, 4.69) is 20.2 Å². The van der Waals surface area contributed by atoms with Crippen LogP contribution in [0.15, 0.2) is 71.9 Å². The molecule has 0 saturated carbocycles. The van der Waals surface area contributed by atoms with Gasteiger partial charge in [0.1, 0.15) is 23.9 Å². The minimum atomic E-state index is -4.62. The number of dihydropyridines is 1. The van der Waals surface area contributed by atoms with Crippen LogP contribution < -0.4 is 15.8 Å². The van der Waals surface area contributed by atoms with E-state index in [1.54, 1.807) is 6.20 Å². The van der Waals surface area contributed by atoms with Crippen LogP contribution in [0.2, 0.25) is 0 Å². The lowest BCUT2D eigenvalue weighted by Gasteiger charge is -2.37. The molecule has 1 fully saturated rings. The fourth-order valence-corrected chi connectivity index (χ4v) is 5.32. The maximum Gasteiger partial charge on any atom is 0.416 e. The summed E-state index contributed by atoms with van der Waals surface area (Å²) in [7, 11) is 1.99. The molecule has 3 aromatic rings. The third kappa shape index (κ3) is 5.39. The lowest BCUT2D eigenvalue weighted by Crippen LogP contribution is -2.55. The summed E-state index contributed by atoms with van der Waals surface area (Å²) in [6, 6.07) is 12.8. The highest BCUT2D eigenvalue weighted by Crippen LogP contribution is 2.42. The summed E-state index contributed by atoms with van der Waals surface area (Å²) in [5, 5.41) is 4.19. The zero-order valence-corrected chi connectivity index (χ0v) is 21.5. The summed E-state index contributed by atoms with van der Waals surface area (Å²) in [6.45, 7) is 1.49. The third-order valence-electron chi connectivity index (χ3n) is 7.54. The summed E-state index contributed by atoms with van der Waals surface area (Å²) in [4.78, 5) is 24.1. The van der Waals surface area contributed by atoms with Gasteiger partial charge in [0.15, 0.2) is 0 Å². The number of nitrogens with two attached hydrogens (primary N) is 1. The molecule has 3 atom stereocenters. The number of nitrogens with zero attached hydrogens (tertiary/aromatic N) is 3. The standard InChI is InChI=1S/C29H30F3N5O2/c1-37-14-3-6-22(37)18-39-25-10-8-21(29(30,31)32)16-23(25)28(26(33)38)11-4-13-35-27(28)36-17-19-7-9-24-20(15-19)5-2-12-34-24/h2,4-5,7-13,15-16,22,27,36H,3,6,14,17-18H2,1H3,(H2,33,38)/t22-,27?,28?/m1/s1. The van der Waals surface area contributed by atoms with E-state index in [0.29, 0.717) is 0 Å². The highest BCUT2D eigenvalue weighted by molar-refractivity contribution is 5.94. The number of fused-ring (bicyclic) bond motifs is 1. The average molecular weight is 538 g/mol. The van der Waals surface area contributed by atoms with Crippen molar-refractivity contribution in [3.05, 3.63) is 83.6 Å². The van der Waals surface area contributed by atoms with Gasteiger partial charge in [-0.1, -0.05) is 18.2 Å². The molecule has 204 valence electrons. The summed E-state index contributed by atoms with van der Waals surface area (Å²) < 4.78 is 47.6. The molecule has 10 heteroatoms. The van der Waals surface area contributed by atoms with Gasteiger partial charge in [-0.05, 0) is 74.5 Å². The number of hydrogen-bond acceptors (Lipinski definition) is 6. The number of nitrogens with one attached hydrogen (secondary N) is 1. The lowest BCUT2D eigenvalue weighted by molar-refractivity contribution is -0.137. The minimum Gasteiger partial charge on any atom is -0.492 e. The number of benzene rings is 2. The number of carbonyl (C=O) groups is 1. The van der Waals surface area contributed by atoms with E-state index in [-0.39, 0.29) is 30.5 Å². The summed E-state index contributed by atoms with van der Waals surface area (Å²) in [5.41, 5.74) is 5.12. The van der Waals surface area contributed by atoms with Gasteiger partial charge in [-0.15, -0.1) is 0 Å². The van der Waals surface area contributed by atoms with Crippen molar-refractivity contribution in [2.45, 2.75) is 43.2 Å². The maximum atomic E-state index is 13.8. The second-order valence-corrected chi connectivity index (χ2v) is 10.0. The predicted molar refractivity (Wildman–Crippen MR) is 143 cm³/mol. The Morgan fingerprint density at radius 2 is 2.08 bits per heavy atom. The van der Waals surface area contributed by atoms with E-state index < -0.39 is 29.2 Å². The number of allylic oxidation sites excluding steroid dienone is 1. The predicted octanol–water partition coefficient (Wildman–Crippen LogP) is 4.21. The van der Waals surface area contributed by atoms with Gasteiger partial charge in [-0.25, -0.2) is 0 Å². The van der Waals surface area contributed by atoms with Gasteiger partial charge >= 0.3 is 6.18 Å². The molecule has 1 aromatic heterocycles. The first-order valence-electron chi connectivity index (χ1n) is 12.8. The molecular weight excluding hydrogens is 507 g/mol. The van der Waals surface area contributed by atoms with Crippen molar-refractivity contribution in [3.63, 3.8) is 0 Å². The maximum absolute atomic E-state index is 13.8. The fraction of sp³-hybridized carbons (Fsp3) is 0.345. The van der Waals surface area contributed by atoms with Gasteiger partial charge in [-0.2, -0.15) is 13.2 Å². The Bertz CT molecular complexity index is 1420. The largest absolute Gasteiger partial charge is 0.492 e. The molecule has 0 spiro atoms. The Morgan fingerprint density at radius 1 is 1.23 bits per heavy atom. The van der Waals surface area contributed by atoms with E-state index in [1.807, 2.05) is 37.4 Å². The van der Waals surface area contributed by atoms with Gasteiger partial charge in [0.25, 0.3) is 0 Å². The third-order valence-corrected chi connectivity index (χ3v) is 7.54. The number of halogens is 3. The molecule has 2 aliphatic heterocycles. The topological polar surface area (TPSA) is 92.8 Å². The van der Waals surface area contributed by atoms with Crippen LogP contribution in [0.25, 0.3) is 10.9 Å². The van der Waals surface area contributed by atoms with Gasteiger partial charge < -0.3 is 15.4 Å². The molecule has 3 N–H and O–H groups in total. The molecular formula is C29H30F3N5O2. The number of carbonyl (C=O) groups excluding carboxylic acids is 1. The van der Waals surface area contributed by atoms with Crippen LogP contribution in [0, 0.1) is 0 Å². The SMILES string of the molecule is CN1CCC[C@@H]1COc1ccc(C(F)(F)F)cc1C1(C(N)=O)C=CC=NC1NCc1ccc2ncccc2c1. The van der Waals surface area contributed by atoms with Crippen LogP contribution in [0.5, 0.6) is 5.75 Å². The number of amides is 1. The number of alkyl halides is 3. The number of likely N-dealkylation sites (N-methyl/N-ethyl adjacent to an activating group) is 1. The molecule has 3 heterocycles. The number of primary amides is 1. The monoisotopic (exact) mass is 537 g/mol. The Kier molecular flexibility index (Phi) is 7.42. The van der Waals surface area contributed by atoms with Crippen molar-refractivity contribution >= 4 is 23.0 Å². The average Bonchev–Trinajstić information content (AvgIpc) is 3.34. The number of rotatable bonds is 8. The normalized spacial score (nSPS) is 23.4. The van der Waals surface area contributed by atoms with E-state index in [9.17, 15) is 18.0 Å². The first-order chi connectivity index (χ1) is 18.7. The van der Waals surface area contributed by atoms with Crippen molar-refractivity contribution in [1.29, 1.82) is 0 Å². The second-order valence-electron chi connectivity index (χ2n) is 10.0. The molecule has 5 rings (SSSR count). The molecule has 2 aliphatic rings. The number of pyridine rings is 1. The smallest absolute Gasteiger partial charge is 0.416 e. The molecule has 0 radical (unpaired) electrons. The molecule has 1 amide bonds. The number of aromatic nitrogens is 1. The van der Waals surface area contributed by atoms with Crippen LogP contribution in [-0.2, 0) is 22.9 Å². The van der Waals surface area contributed by atoms with E-state index in [0.717, 1.165) is 48.0 Å². The Balaban J connectivity index is 1.51. The number of likely N-dealkylation sites (tertiary alicyclic amines) is 1. The van der Waals surface area contributed by atoms with Crippen LogP contribution in [0.4, 0.5) is 13.2 Å². The zero-order chi connectivity index (χ0) is 27.6. The Morgan fingerprint density at radius 3 is 2.82 bits per heavy atom. The van der Waals surface area contributed by atoms with Crippen molar-refractivity contribution in [1.82, 2.24) is 15.2 Å².